The van der Waals surface area contributed by atoms with Crippen LogP contribution in [-0.4, -0.2) is 39.7 Å². The summed E-state index contributed by atoms with van der Waals surface area (Å²) in [5, 5.41) is 14.5. The van der Waals surface area contributed by atoms with E-state index in [1.54, 1.807) is 18.2 Å². The number of aromatic nitrogens is 3. The van der Waals surface area contributed by atoms with Gasteiger partial charge in [-0.3, -0.25) is 4.79 Å². The molecule has 1 saturated carbocycles. The van der Waals surface area contributed by atoms with Crippen LogP contribution in [0.2, 0.25) is 0 Å². The molecule has 34 heavy (non-hydrogen) atoms. The molecule has 4 rings (SSSR count). The summed E-state index contributed by atoms with van der Waals surface area (Å²) in [6.07, 6.45) is -1.58. The molecule has 10 heteroatoms. The maximum absolute atomic E-state index is 12.8. The number of ketones is 1. The molecule has 2 aromatic heterocycles. The highest BCUT2D eigenvalue weighted by molar-refractivity contribution is 5.91. The number of halogens is 3. The van der Waals surface area contributed by atoms with Gasteiger partial charge >= 0.3 is 12.2 Å². The van der Waals surface area contributed by atoms with Crippen molar-refractivity contribution >= 4 is 28.4 Å². The van der Waals surface area contributed by atoms with Gasteiger partial charge in [0.05, 0.1) is 5.52 Å². The van der Waals surface area contributed by atoms with Crippen LogP contribution in [0.4, 0.5) is 24.9 Å². The quantitative estimate of drug-likeness (QED) is 0.483. The lowest BCUT2D eigenvalue weighted by atomic mass is 9.84. The minimum atomic E-state index is -4.32. The van der Waals surface area contributed by atoms with Crippen molar-refractivity contribution in [2.24, 2.45) is 0 Å². The highest BCUT2D eigenvalue weighted by Crippen LogP contribution is 2.35. The summed E-state index contributed by atoms with van der Waals surface area (Å²) in [4.78, 5) is 16.5. The fraction of sp³-hybridized carbons (Fsp3) is 0.500. The van der Waals surface area contributed by atoms with Crippen molar-refractivity contribution in [2.45, 2.75) is 71.0 Å². The first kappa shape index (κ1) is 24.0. The van der Waals surface area contributed by atoms with Crippen molar-refractivity contribution in [1.82, 2.24) is 15.2 Å². The highest BCUT2D eigenvalue weighted by atomic mass is 19.4. The number of hydrogen-bond donors (Lipinski definition) is 2. The van der Waals surface area contributed by atoms with E-state index in [4.69, 9.17) is 9.40 Å². The third-order valence-electron chi connectivity index (χ3n) is 5.88. The Kier molecular flexibility index (Phi) is 6.26. The van der Waals surface area contributed by atoms with Crippen molar-refractivity contribution < 1.29 is 22.4 Å². The zero-order valence-electron chi connectivity index (χ0n) is 19.6. The lowest BCUT2D eigenvalue weighted by Crippen LogP contribution is -2.27. The maximum atomic E-state index is 12.8. The second-order valence-corrected chi connectivity index (χ2v) is 9.85. The molecule has 1 atom stereocenters. The Morgan fingerprint density at radius 2 is 1.91 bits per heavy atom. The number of nitrogens with one attached hydrogen (secondary N) is 2. The first-order valence-electron chi connectivity index (χ1n) is 11.3. The molecule has 1 fully saturated rings. The van der Waals surface area contributed by atoms with Gasteiger partial charge < -0.3 is 15.1 Å². The predicted molar refractivity (Wildman–Crippen MR) is 124 cm³/mol. The van der Waals surface area contributed by atoms with Crippen molar-refractivity contribution in [1.29, 1.82) is 0 Å². The molecular weight excluding hydrogens is 447 g/mol. The largest absolute Gasteiger partial charge is 0.405 e. The Hall–Kier alpha value is -3.17. The lowest BCUT2D eigenvalue weighted by Gasteiger charge is -2.23. The van der Waals surface area contributed by atoms with Crippen molar-refractivity contribution in [3.8, 4) is 11.6 Å². The highest BCUT2D eigenvalue weighted by Gasteiger charge is 2.28. The molecule has 1 aliphatic carbocycles. The molecule has 1 aromatic carbocycles. The van der Waals surface area contributed by atoms with Gasteiger partial charge in [0.25, 0.3) is 5.89 Å². The molecule has 2 heterocycles. The summed E-state index contributed by atoms with van der Waals surface area (Å²) in [5.41, 5.74) is 2.79. The summed E-state index contributed by atoms with van der Waals surface area (Å²) in [5.74, 6) is 0.447. The van der Waals surface area contributed by atoms with Crippen LogP contribution in [-0.2, 0) is 10.2 Å². The number of carbonyl (C=O) groups excluding carboxylic acids is 1. The van der Waals surface area contributed by atoms with Gasteiger partial charge in [0.1, 0.15) is 18.0 Å². The Labute approximate surface area is 195 Å². The molecule has 7 nitrogen and oxygen atoms in total. The van der Waals surface area contributed by atoms with Gasteiger partial charge in [-0.25, -0.2) is 4.98 Å². The van der Waals surface area contributed by atoms with E-state index in [1.165, 1.54) is 0 Å². The van der Waals surface area contributed by atoms with Crippen LogP contribution in [0.1, 0.15) is 57.6 Å². The van der Waals surface area contributed by atoms with E-state index in [0.29, 0.717) is 29.7 Å². The Morgan fingerprint density at radius 3 is 2.59 bits per heavy atom. The summed E-state index contributed by atoms with van der Waals surface area (Å²) < 4.78 is 44.1. The van der Waals surface area contributed by atoms with Crippen LogP contribution >= 0.6 is 0 Å². The van der Waals surface area contributed by atoms with E-state index >= 15 is 0 Å². The monoisotopic (exact) mass is 475 g/mol. The number of pyridine rings is 1. The van der Waals surface area contributed by atoms with E-state index in [9.17, 15) is 18.0 Å². The number of aryl methyl sites for hydroxylation is 1. The van der Waals surface area contributed by atoms with Gasteiger partial charge in [0, 0.05) is 30.0 Å². The Morgan fingerprint density at radius 1 is 1.15 bits per heavy atom. The smallest absolute Gasteiger partial charge is 0.402 e. The number of fused-ring (bicyclic) bond motifs is 1. The van der Waals surface area contributed by atoms with E-state index in [1.807, 2.05) is 27.7 Å². The third-order valence-corrected chi connectivity index (χ3v) is 5.88. The molecular formula is C24H28F3N5O2. The van der Waals surface area contributed by atoms with E-state index in [2.05, 4.69) is 20.8 Å². The minimum Gasteiger partial charge on any atom is -0.402 e. The Balaban J connectivity index is 1.69. The first-order chi connectivity index (χ1) is 15.9. The topological polar surface area (TPSA) is 92.9 Å². The molecule has 0 unspecified atom stereocenters. The first-order valence-corrected chi connectivity index (χ1v) is 11.3. The van der Waals surface area contributed by atoms with Crippen LogP contribution in [0.3, 0.4) is 0 Å². The average molecular weight is 476 g/mol. The normalized spacial score (nSPS) is 17.3. The molecule has 0 aliphatic heterocycles. The molecule has 0 spiro atoms. The fourth-order valence-corrected chi connectivity index (χ4v) is 4.18. The number of rotatable bonds is 5. The summed E-state index contributed by atoms with van der Waals surface area (Å²) >= 11 is 0. The van der Waals surface area contributed by atoms with Crippen molar-refractivity contribution in [2.75, 3.05) is 17.2 Å². The third kappa shape index (κ3) is 5.48. The van der Waals surface area contributed by atoms with Crippen LogP contribution in [0, 0.1) is 6.92 Å². The summed E-state index contributed by atoms with van der Waals surface area (Å²) in [7, 11) is 0. The second kappa shape index (κ2) is 8.88. The number of carbonyl (C=O) groups is 1. The molecule has 182 valence electrons. The number of benzene rings is 1. The predicted octanol–water partition coefficient (Wildman–Crippen LogP) is 5.79. The number of hydrogen-bond acceptors (Lipinski definition) is 7. The number of nitrogens with zero attached hydrogens (tertiary/aromatic N) is 3. The molecule has 0 radical (unpaired) electrons. The fourth-order valence-electron chi connectivity index (χ4n) is 4.18. The van der Waals surface area contributed by atoms with Gasteiger partial charge in [-0.2, -0.15) is 13.2 Å². The zero-order chi connectivity index (χ0) is 24.7. The van der Waals surface area contributed by atoms with Gasteiger partial charge in [0.15, 0.2) is 0 Å². The standard InChI is InChI=1S/C24H28F3N5O2/c1-13-8-19(21-31-32-22(34-21)29-14-6-5-7-16(33)9-14)30-20-17(13)10-15(28-12-24(25,26)27)11-18(20)23(2,3)4/h8,10-11,14,28H,5-7,9,12H2,1-4H3,(H,29,32)/t14-/m1/s1. The molecule has 0 saturated heterocycles. The maximum Gasteiger partial charge on any atom is 0.405 e. The minimum absolute atomic E-state index is 0.0315. The zero-order valence-corrected chi connectivity index (χ0v) is 19.6. The van der Waals surface area contributed by atoms with Crippen LogP contribution in [0.15, 0.2) is 22.6 Å². The van der Waals surface area contributed by atoms with Gasteiger partial charge in [0.2, 0.25) is 0 Å². The molecule has 0 bridgehead atoms. The van der Waals surface area contributed by atoms with Gasteiger partial charge in [-0.05, 0) is 54.5 Å². The molecule has 0 amide bonds. The SMILES string of the molecule is Cc1cc(-c2nnc(N[C@@H]3CCCC(=O)C3)o2)nc2c(C(C)(C)C)cc(NCC(F)(F)F)cc12. The van der Waals surface area contributed by atoms with Gasteiger partial charge in [-0.15, -0.1) is 5.10 Å². The Bertz CT molecular complexity index is 1210. The van der Waals surface area contributed by atoms with E-state index in [0.717, 1.165) is 29.4 Å². The second-order valence-electron chi connectivity index (χ2n) is 9.85. The van der Waals surface area contributed by atoms with E-state index < -0.39 is 12.7 Å². The number of anilines is 2. The van der Waals surface area contributed by atoms with Gasteiger partial charge in [-0.1, -0.05) is 25.9 Å². The lowest BCUT2D eigenvalue weighted by molar-refractivity contribution is -0.120. The summed E-state index contributed by atoms with van der Waals surface area (Å²) in [6.45, 7) is 6.71. The average Bonchev–Trinajstić information content (AvgIpc) is 3.19. The molecule has 1 aliphatic rings. The van der Waals surface area contributed by atoms with Crippen LogP contribution in [0.25, 0.3) is 22.5 Å². The van der Waals surface area contributed by atoms with Crippen LogP contribution < -0.4 is 10.6 Å². The molecule has 3 aromatic rings. The number of alkyl halides is 3. The van der Waals surface area contributed by atoms with Crippen molar-refractivity contribution in [3.05, 3.63) is 29.3 Å². The van der Waals surface area contributed by atoms with Crippen LogP contribution in [0.5, 0.6) is 0 Å². The summed E-state index contributed by atoms with van der Waals surface area (Å²) in [6, 6.07) is 5.38. The van der Waals surface area contributed by atoms with E-state index in [-0.39, 0.29) is 29.1 Å². The van der Waals surface area contributed by atoms with Crippen molar-refractivity contribution in [3.63, 3.8) is 0 Å². The molecule has 2 N–H and O–H groups in total. The number of Topliss-reactive ketones (excluding diaryl/α,β-unsaturated/α-hetero) is 1.